The Morgan fingerprint density at radius 1 is 0.500 bits per heavy atom. The highest BCUT2D eigenvalue weighted by atomic mass is 31.2. The van der Waals surface area contributed by atoms with Crippen LogP contribution >= 0.6 is 15.6 Å². The zero-order chi connectivity index (χ0) is 72.2. The van der Waals surface area contributed by atoms with Gasteiger partial charge in [-0.2, -0.15) is 0 Å². The van der Waals surface area contributed by atoms with Crippen molar-refractivity contribution in [3.05, 3.63) is 0 Å². The number of carboxylic acids is 3. The number of nitrogens with one attached hydrogen (secondary N) is 2. The van der Waals surface area contributed by atoms with E-state index in [2.05, 4.69) is 9.84 Å². The third-order valence-electron chi connectivity index (χ3n) is 15.1. The summed E-state index contributed by atoms with van der Waals surface area (Å²) in [4.78, 5) is 140. The second-order valence-electron chi connectivity index (χ2n) is 21.9. The predicted molar refractivity (Wildman–Crippen MR) is 272 cm³/mol. The number of ether oxygens (including phenoxy) is 11. The fourth-order valence-corrected chi connectivity index (χ4v) is 11.5. The fraction of sp³-hybridized carbons (Fsp3) is 0.854. The first-order valence-corrected chi connectivity index (χ1v) is 31.4. The van der Waals surface area contributed by atoms with Gasteiger partial charge < -0.3 is 207 Å². The van der Waals surface area contributed by atoms with Crippen LogP contribution in [0, 0.1) is 0 Å². The first-order chi connectivity index (χ1) is 44.8. The lowest BCUT2D eigenvalue weighted by molar-refractivity contribution is -0.421. The second-order valence-corrected chi connectivity index (χ2v) is 24.1. The molecule has 5 saturated heterocycles. The van der Waals surface area contributed by atoms with Crippen molar-refractivity contribution in [2.45, 2.75) is 197 Å². The number of hydrogen-bond acceptors (Lipinski definition) is 44. The van der Waals surface area contributed by atoms with Crippen LogP contribution in [-0.4, -0.2) is 330 Å². The Hall–Kier alpha value is -4.45. The third-order valence-corrected chi connectivity index (χ3v) is 16.0. The molecule has 17 N–H and O–H groups in total. The van der Waals surface area contributed by atoms with Crippen molar-refractivity contribution >= 4 is 57.3 Å². The predicted octanol–water partition coefficient (Wildman–Crippen LogP) is -19.8. The summed E-state index contributed by atoms with van der Waals surface area (Å²) in [5.74, 6) is -24.0. The number of carbonyl (C=O) groups is 7. The first kappa shape index (κ1) is 82.2. The molecule has 5 aliphatic rings. The number of phosphoric ester groups is 2. The minimum Gasteiger partial charge on any atom is -0.790 e. The highest BCUT2D eigenvalue weighted by Gasteiger charge is 2.60. The summed E-state index contributed by atoms with van der Waals surface area (Å²) in [5.41, 5.74) is 0. The van der Waals surface area contributed by atoms with Gasteiger partial charge in [0.05, 0.1) is 106 Å². The molecule has 5 fully saturated rings. The summed E-state index contributed by atoms with van der Waals surface area (Å²) >= 11 is 0. The van der Waals surface area contributed by atoms with Crippen LogP contribution in [0.3, 0.4) is 0 Å². The lowest BCUT2D eigenvalue weighted by Gasteiger charge is -2.53. The molecule has 2 amide bonds. The molecule has 5 heterocycles. The second kappa shape index (κ2) is 35.2. The van der Waals surface area contributed by atoms with Gasteiger partial charge in [0.1, 0.15) is 109 Å². The summed E-state index contributed by atoms with van der Waals surface area (Å²) in [5, 5.41) is 199. The lowest BCUT2D eigenvalue weighted by atomic mass is 9.89. The van der Waals surface area contributed by atoms with Gasteiger partial charge in [-0.1, -0.05) is 0 Å². The Labute approximate surface area is 538 Å². The van der Waals surface area contributed by atoms with Gasteiger partial charge in [-0.3, -0.25) is 19.2 Å². The first-order valence-electron chi connectivity index (χ1n) is 28.5. The Morgan fingerprint density at radius 3 is 1.40 bits per heavy atom. The maximum atomic E-state index is 13.5. The van der Waals surface area contributed by atoms with E-state index in [9.17, 15) is 154 Å². The van der Waals surface area contributed by atoms with Crippen LogP contribution in [-0.2, 0) is 104 Å². The maximum absolute atomic E-state index is 13.5. The van der Waals surface area contributed by atoms with Gasteiger partial charge in [-0.15, -0.1) is 0 Å². The highest BCUT2D eigenvalue weighted by Crippen LogP contribution is 2.43. The van der Waals surface area contributed by atoms with Crippen LogP contribution in [0.1, 0.15) is 44.9 Å². The summed E-state index contributed by atoms with van der Waals surface area (Å²) in [6.45, 7) is -11.3. The van der Waals surface area contributed by atoms with Gasteiger partial charge >= 0.3 is 11.9 Å². The van der Waals surface area contributed by atoms with Crippen molar-refractivity contribution in [1.82, 2.24) is 10.6 Å². The number of phosphoric acid groups is 2. The van der Waals surface area contributed by atoms with Crippen molar-refractivity contribution in [3.8, 4) is 0 Å². The number of hydrogen-bond donors (Lipinski definition) is 17. The summed E-state index contributed by atoms with van der Waals surface area (Å²) in [6.07, 6.45) is -57.8. The van der Waals surface area contributed by atoms with Gasteiger partial charge in [-0.25, -0.2) is 0 Å². The Balaban J connectivity index is 1.58. The number of aliphatic hydroxyl groups excluding tert-OH is 15. The highest BCUT2D eigenvalue weighted by molar-refractivity contribution is 7.43. The van der Waals surface area contributed by atoms with Crippen LogP contribution in [0.25, 0.3) is 0 Å². The van der Waals surface area contributed by atoms with E-state index in [1.165, 1.54) is 0 Å². The molecule has 5 rings (SSSR count). The zero-order valence-electron chi connectivity index (χ0n) is 49.5. The molecule has 46 nitrogen and oxygen atoms in total. The zero-order valence-corrected chi connectivity index (χ0v) is 51.2. The van der Waals surface area contributed by atoms with Crippen LogP contribution in [0.5, 0.6) is 0 Å². The van der Waals surface area contributed by atoms with Gasteiger partial charge in [0.25, 0.3) is 0 Å². The largest absolute Gasteiger partial charge is 0.790 e. The number of amides is 2. The molecule has 0 saturated carbocycles. The minimum atomic E-state index is -6.60. The van der Waals surface area contributed by atoms with E-state index in [0.29, 0.717) is 0 Å². The molecule has 0 unspecified atom stereocenters. The average molecular weight is 1440 g/mol. The number of carbonyl (C=O) groups excluding carboxylic acids is 7. The van der Waals surface area contributed by atoms with Crippen LogP contribution in [0.4, 0.5) is 0 Å². The number of rotatable bonds is 35. The molecule has 0 aromatic rings. The van der Waals surface area contributed by atoms with E-state index in [-0.39, 0.29) is 0 Å². The standard InChI is InChI=1S/C48H78N2O44P2/c51-5-1-25(62)49-29-39(87-27(64)3-7-53)34(69)23(85-42(29)94-96(79,80)81)15-82-41-30(50-26(63)2-6-52)40(88-28(65)4-8-54)38(93-95(76,77)78)24(86-41)16-84-47(44(72)73)11-22(33(68)36(91-47)20(60)13-56)89-48(45(74)75)10-18(58)32(67)37(92-48)21(61)14-83-46(43(70)71)9-17(57)31(66)35(90-46)19(59)12-55/h17-24,29-42,51-61,66-69H,1-16H2,(H,49,62)(H,50,63)(H,70,71)(H,72,73)(H,74,75)(H2,76,77,78)(H2,79,80,81)/p-7/t17-,18-,19-,20-,21-,22-,23-,24-,29-,30-,31-,32-,33-,34-,35-,36-,37-,38-,39-,40-,41-,42-,46-,47-,48-/m1/s1. The summed E-state index contributed by atoms with van der Waals surface area (Å²) in [7, 11) is -12.9. The van der Waals surface area contributed by atoms with Crippen molar-refractivity contribution in [1.29, 1.82) is 0 Å². The van der Waals surface area contributed by atoms with E-state index in [1.807, 2.05) is 5.32 Å². The van der Waals surface area contributed by atoms with E-state index < -0.39 is 314 Å². The van der Waals surface area contributed by atoms with Crippen molar-refractivity contribution in [2.75, 3.05) is 59.5 Å². The Morgan fingerprint density at radius 2 is 0.927 bits per heavy atom. The van der Waals surface area contributed by atoms with E-state index in [4.69, 9.17) is 56.6 Å². The van der Waals surface area contributed by atoms with Gasteiger partial charge in [0, 0.05) is 32.1 Å². The Kier molecular flexibility index (Phi) is 30.2. The summed E-state index contributed by atoms with van der Waals surface area (Å²) in [6, 6.07) is -4.57. The molecule has 0 aromatic heterocycles. The van der Waals surface area contributed by atoms with Crippen LogP contribution in [0.15, 0.2) is 0 Å². The summed E-state index contributed by atoms with van der Waals surface area (Å²) < 4.78 is 93.7. The van der Waals surface area contributed by atoms with Gasteiger partial charge in [-0.05, 0) is 0 Å². The maximum Gasteiger partial charge on any atom is 0.308 e. The van der Waals surface area contributed by atoms with Crippen LogP contribution < -0.4 is 45.5 Å². The number of carboxylic acid groups (broad SMARTS) is 3. The van der Waals surface area contributed by atoms with Gasteiger partial charge in [0.2, 0.25) is 29.2 Å². The molecule has 25 atom stereocenters. The van der Waals surface area contributed by atoms with Crippen molar-refractivity contribution in [2.24, 2.45) is 0 Å². The molecular formula is C48H71N2O44P2-7. The Bertz CT molecular complexity index is 2710. The molecule has 96 heavy (non-hydrogen) atoms. The minimum absolute atomic E-state index is 0.774. The van der Waals surface area contributed by atoms with Gasteiger partial charge in [0.15, 0.2) is 24.8 Å². The van der Waals surface area contributed by atoms with Crippen molar-refractivity contribution in [3.63, 3.8) is 0 Å². The van der Waals surface area contributed by atoms with E-state index in [1.54, 1.807) is 0 Å². The normalized spacial score (nSPS) is 36.9. The number of aliphatic carboxylic acids is 3. The molecule has 0 bridgehead atoms. The van der Waals surface area contributed by atoms with E-state index >= 15 is 0 Å². The molecule has 0 radical (unpaired) electrons. The molecule has 0 aliphatic carbocycles. The lowest BCUT2D eigenvalue weighted by Crippen LogP contribution is -2.71. The SMILES string of the molecule is O=C(CCO)N[C@H]1[C@H](OC[C@H]2O[C@H](OP(=O)([O-])[O-])[C@H](NC(=O)CCO)[C@@H](OC(=O)CCO)[C@@H]2O)O[C@H](CO[C@]2(C(=O)[O-])C[C@@H](O[C@]3(C(=O)[O-])C[C@@H](O)[C@@H](O)[C@@H]([C@H](O)CO[C@]4(C(=O)[O-])C[C@@H](O)[C@@H](O)[C@@H]([C@H](O)CO)O4)O3)[C@@H](O)[C@@H]([C@H](O)CO)O2)[C@@H](OP(=O)([O-])[O-])[C@@H]1OC(=O)CCO. The topological polar surface area (TPSA) is 763 Å². The number of esters is 2. The smallest absolute Gasteiger partial charge is 0.308 e. The van der Waals surface area contributed by atoms with Crippen LogP contribution in [0.2, 0.25) is 0 Å². The molecular weight excluding hydrogens is 1370 g/mol. The van der Waals surface area contributed by atoms with E-state index in [0.717, 1.165) is 0 Å². The molecule has 0 aromatic carbocycles. The molecule has 48 heteroatoms. The quantitative estimate of drug-likeness (QED) is 0.0207. The molecule has 554 valence electrons. The fourth-order valence-electron chi connectivity index (χ4n) is 10.5. The number of aliphatic hydroxyl groups is 15. The molecule has 5 aliphatic heterocycles. The molecule has 0 spiro atoms. The third kappa shape index (κ3) is 20.8. The monoisotopic (exact) mass is 1440 g/mol. The average Bonchev–Trinajstić information content (AvgIpc) is 0.742. The van der Waals surface area contributed by atoms with Crippen molar-refractivity contribution < 1.29 is 215 Å².